The molecule has 3 saturated carbocycles. The van der Waals surface area contributed by atoms with E-state index in [1.165, 1.54) is 44.1 Å². The molecule has 4 aliphatic carbocycles. The highest BCUT2D eigenvalue weighted by Gasteiger charge is 2.59. The molecule has 38 heavy (non-hydrogen) atoms. The maximum Gasteiger partial charge on any atom is 0.306 e. The molecule has 0 amide bonds. The molecule has 3 fully saturated rings. The van der Waals surface area contributed by atoms with Crippen molar-refractivity contribution in [3.8, 4) is 0 Å². The maximum absolute atomic E-state index is 12.8. The molecule has 5 nitrogen and oxygen atoms in total. The largest absolute Gasteiger partial charge is 0.481 e. The lowest BCUT2D eigenvalue weighted by Gasteiger charge is -2.57. The minimum Gasteiger partial charge on any atom is -0.481 e. The zero-order valence-electron chi connectivity index (χ0n) is 24.3. The highest BCUT2D eigenvalue weighted by Crippen LogP contribution is 2.65. The first kappa shape index (κ1) is 29.3. The first-order valence-electron chi connectivity index (χ1n) is 15.8. The second-order valence-electron chi connectivity index (χ2n) is 13.7. The fourth-order valence-corrected chi connectivity index (χ4v) is 8.83. The quantitative estimate of drug-likeness (QED) is 0.193. The van der Waals surface area contributed by atoms with Gasteiger partial charge in [0.1, 0.15) is 6.10 Å². The smallest absolute Gasteiger partial charge is 0.306 e. The van der Waals surface area contributed by atoms with Crippen LogP contribution in [0.3, 0.4) is 0 Å². The van der Waals surface area contributed by atoms with Crippen LogP contribution in [0, 0.1) is 34.5 Å². The molecule has 0 saturated heterocycles. The number of ether oxygens (including phenoxy) is 1. The fraction of sp³-hybridized carbons (Fsp3) is 0.848. The molecule has 0 heterocycles. The van der Waals surface area contributed by atoms with E-state index in [0.29, 0.717) is 36.4 Å². The van der Waals surface area contributed by atoms with Gasteiger partial charge in [-0.05, 0) is 87.0 Å². The molecule has 0 aromatic rings. The van der Waals surface area contributed by atoms with Crippen molar-refractivity contribution in [2.75, 3.05) is 0 Å². The van der Waals surface area contributed by atoms with Crippen molar-refractivity contribution in [1.29, 1.82) is 0 Å². The number of esters is 1. The van der Waals surface area contributed by atoms with Gasteiger partial charge in [-0.1, -0.05) is 71.3 Å². The molecule has 4 unspecified atom stereocenters. The molecule has 214 valence electrons. The van der Waals surface area contributed by atoms with Gasteiger partial charge in [0, 0.05) is 18.3 Å². The topological polar surface area (TPSA) is 80.7 Å². The lowest BCUT2D eigenvalue weighted by Crippen LogP contribution is -2.51. The fourth-order valence-electron chi connectivity index (χ4n) is 8.83. The van der Waals surface area contributed by atoms with Crippen molar-refractivity contribution in [2.45, 2.75) is 142 Å². The Labute approximate surface area is 230 Å². The van der Waals surface area contributed by atoms with E-state index in [1.807, 2.05) is 6.08 Å². The molecule has 0 aliphatic heterocycles. The Morgan fingerprint density at radius 3 is 2.32 bits per heavy atom. The zero-order chi connectivity index (χ0) is 27.3. The van der Waals surface area contributed by atoms with Crippen LogP contribution in [0.25, 0.3) is 0 Å². The highest BCUT2D eigenvalue weighted by molar-refractivity contribution is 5.91. The number of carboxylic acid groups (broad SMARTS) is 1. The van der Waals surface area contributed by atoms with Crippen molar-refractivity contribution in [2.24, 2.45) is 34.5 Å². The van der Waals surface area contributed by atoms with Crippen LogP contribution in [0.2, 0.25) is 0 Å². The van der Waals surface area contributed by atoms with E-state index in [9.17, 15) is 14.4 Å². The number of fused-ring (bicyclic) bond motifs is 5. The van der Waals surface area contributed by atoms with E-state index in [1.54, 1.807) is 6.92 Å². The Morgan fingerprint density at radius 1 is 0.921 bits per heavy atom. The van der Waals surface area contributed by atoms with Gasteiger partial charge < -0.3 is 9.84 Å². The average molecular weight is 529 g/mol. The summed E-state index contributed by atoms with van der Waals surface area (Å²) >= 11 is 0. The van der Waals surface area contributed by atoms with Gasteiger partial charge in [0.25, 0.3) is 0 Å². The van der Waals surface area contributed by atoms with Crippen LogP contribution < -0.4 is 0 Å². The third kappa shape index (κ3) is 6.39. The number of hydrogen-bond acceptors (Lipinski definition) is 4. The number of aliphatic carboxylic acids is 1. The monoisotopic (exact) mass is 528 g/mol. The normalized spacial score (nSPS) is 35.0. The number of unbranched alkanes of at least 4 members (excludes halogenated alkanes) is 7. The summed E-state index contributed by atoms with van der Waals surface area (Å²) < 4.78 is 6.18. The van der Waals surface area contributed by atoms with Gasteiger partial charge in [-0.25, -0.2) is 0 Å². The number of ketones is 1. The van der Waals surface area contributed by atoms with Crippen LogP contribution in [0.1, 0.15) is 136 Å². The molecule has 0 radical (unpaired) electrons. The lowest BCUT2D eigenvalue weighted by molar-refractivity contribution is -0.160. The molecule has 5 heteroatoms. The van der Waals surface area contributed by atoms with E-state index in [2.05, 4.69) is 13.8 Å². The van der Waals surface area contributed by atoms with Crippen molar-refractivity contribution in [3.05, 3.63) is 11.6 Å². The molecule has 0 spiro atoms. The second-order valence-corrected chi connectivity index (χ2v) is 13.7. The molecule has 4 aliphatic rings. The Kier molecular flexibility index (Phi) is 9.79. The number of rotatable bonds is 13. The third-order valence-electron chi connectivity index (χ3n) is 11.3. The van der Waals surface area contributed by atoms with E-state index in [-0.39, 0.29) is 28.8 Å². The molecule has 7 atom stereocenters. The number of allylic oxidation sites excluding steroid dienone is 1. The Hall–Kier alpha value is -1.65. The summed E-state index contributed by atoms with van der Waals surface area (Å²) in [6.07, 6.45) is 20.7. The lowest BCUT2D eigenvalue weighted by atomic mass is 9.47. The van der Waals surface area contributed by atoms with Gasteiger partial charge in [0.2, 0.25) is 0 Å². The molecule has 4 rings (SSSR count). The Morgan fingerprint density at radius 2 is 1.61 bits per heavy atom. The van der Waals surface area contributed by atoms with Crippen LogP contribution in [-0.2, 0) is 19.1 Å². The molecular weight excluding hydrogens is 476 g/mol. The van der Waals surface area contributed by atoms with Gasteiger partial charge >= 0.3 is 11.9 Å². The number of carbonyl (C=O) groups is 3. The minimum atomic E-state index is -0.688. The zero-order valence-corrected chi connectivity index (χ0v) is 24.3. The van der Waals surface area contributed by atoms with Crippen molar-refractivity contribution in [3.63, 3.8) is 0 Å². The summed E-state index contributed by atoms with van der Waals surface area (Å²) in [4.78, 5) is 35.7. The first-order valence-corrected chi connectivity index (χ1v) is 15.8. The third-order valence-corrected chi connectivity index (χ3v) is 11.3. The van der Waals surface area contributed by atoms with E-state index < -0.39 is 5.97 Å². The minimum absolute atomic E-state index is 0.00170. The summed E-state index contributed by atoms with van der Waals surface area (Å²) in [5, 5.41) is 8.94. The molecule has 0 aromatic heterocycles. The summed E-state index contributed by atoms with van der Waals surface area (Å²) in [6, 6.07) is 0. The van der Waals surface area contributed by atoms with Crippen LogP contribution in [-0.4, -0.2) is 28.9 Å². The molecule has 0 bridgehead atoms. The van der Waals surface area contributed by atoms with Gasteiger partial charge in [-0.3, -0.25) is 14.4 Å². The van der Waals surface area contributed by atoms with E-state index in [0.717, 1.165) is 64.2 Å². The molecular formula is C33H52O5. The Bertz CT molecular complexity index is 892. The summed E-state index contributed by atoms with van der Waals surface area (Å²) in [6.45, 7) is 6.62. The predicted octanol–water partition coefficient (Wildman–Crippen LogP) is 8.05. The Balaban J connectivity index is 1.14. The van der Waals surface area contributed by atoms with Gasteiger partial charge in [0.15, 0.2) is 5.78 Å². The van der Waals surface area contributed by atoms with Gasteiger partial charge in [-0.15, -0.1) is 0 Å². The number of carboxylic acids is 1. The molecule has 0 aromatic carbocycles. The number of carbonyl (C=O) groups excluding carboxylic acids is 2. The van der Waals surface area contributed by atoms with Gasteiger partial charge in [0.05, 0.1) is 5.92 Å². The van der Waals surface area contributed by atoms with Crippen LogP contribution in [0.5, 0.6) is 0 Å². The van der Waals surface area contributed by atoms with Crippen LogP contribution >= 0.6 is 0 Å². The summed E-state index contributed by atoms with van der Waals surface area (Å²) in [7, 11) is 0. The van der Waals surface area contributed by atoms with Crippen LogP contribution in [0.15, 0.2) is 11.6 Å². The average Bonchev–Trinajstić information content (AvgIpc) is 3.21. The van der Waals surface area contributed by atoms with Gasteiger partial charge in [-0.2, -0.15) is 0 Å². The van der Waals surface area contributed by atoms with Crippen molar-refractivity contribution < 1.29 is 24.2 Å². The first-order chi connectivity index (χ1) is 18.1. The van der Waals surface area contributed by atoms with E-state index in [4.69, 9.17) is 9.84 Å². The standard InChI is InChI=1S/C33H52O5/c1-23(31(36)37)12-10-8-6-4-5-7-9-11-13-30(35)38-29-17-16-27-26-15-14-24-22-25(34)18-20-32(24,2)28(26)19-21-33(27,29)3/h22-23,26-29H,4-21H2,1-3H3,(H,36,37)/t23?,26?,27?,28?,29-,32-,33-/m0/s1. The highest BCUT2D eigenvalue weighted by atomic mass is 16.5. The summed E-state index contributed by atoms with van der Waals surface area (Å²) in [5.41, 5.74) is 1.73. The second kappa shape index (κ2) is 12.7. The van der Waals surface area contributed by atoms with E-state index >= 15 is 0 Å². The molecule has 1 N–H and O–H groups in total. The SMILES string of the molecule is CC(CCCCCCCCCCC(=O)O[C@H]1CCC2C3CCC4=CC(=O)CC[C@]4(C)C3CC[C@@]21C)C(=O)O. The summed E-state index contributed by atoms with van der Waals surface area (Å²) in [5.74, 6) is 1.43. The van der Waals surface area contributed by atoms with Crippen molar-refractivity contribution >= 4 is 17.7 Å². The van der Waals surface area contributed by atoms with Crippen LogP contribution in [0.4, 0.5) is 0 Å². The number of hydrogen-bond donors (Lipinski definition) is 1. The predicted molar refractivity (Wildman–Crippen MR) is 150 cm³/mol. The maximum atomic E-state index is 12.8. The van der Waals surface area contributed by atoms with Crippen molar-refractivity contribution in [1.82, 2.24) is 0 Å².